The van der Waals surface area contributed by atoms with Crippen LogP contribution in [0.4, 0.5) is 11.6 Å². The van der Waals surface area contributed by atoms with Crippen LogP contribution in [0.3, 0.4) is 0 Å². The lowest BCUT2D eigenvalue weighted by molar-refractivity contribution is 0.102. The Morgan fingerprint density at radius 2 is 2.17 bits per heavy atom. The van der Waals surface area contributed by atoms with Gasteiger partial charge in [0, 0.05) is 25.0 Å². The number of benzene rings is 1. The number of nitrogens with zero attached hydrogens (tertiary/aromatic N) is 3. The summed E-state index contributed by atoms with van der Waals surface area (Å²) in [6, 6.07) is 10.2. The van der Waals surface area contributed by atoms with Gasteiger partial charge in [-0.15, -0.1) is 0 Å². The van der Waals surface area contributed by atoms with E-state index in [2.05, 4.69) is 20.6 Å². The van der Waals surface area contributed by atoms with Crippen LogP contribution in [0.5, 0.6) is 0 Å². The quantitative estimate of drug-likeness (QED) is 0.875. The van der Waals surface area contributed by atoms with Crippen molar-refractivity contribution in [2.45, 2.75) is 18.9 Å². The van der Waals surface area contributed by atoms with Crippen LogP contribution < -0.4 is 10.6 Å². The fourth-order valence-corrected chi connectivity index (χ4v) is 2.40. The second-order valence-electron chi connectivity index (χ2n) is 5.42. The number of ether oxygens (including phenoxy) is 1. The number of hydrogen-bond donors (Lipinski definition) is 2. The molecule has 0 radical (unpaired) electrons. The average molecular weight is 323 g/mol. The highest BCUT2D eigenvalue weighted by molar-refractivity contribution is 6.02. The molecule has 1 unspecified atom stereocenters. The summed E-state index contributed by atoms with van der Waals surface area (Å²) in [5.74, 6) is 0.0697. The molecule has 7 nitrogen and oxygen atoms in total. The van der Waals surface area contributed by atoms with Crippen molar-refractivity contribution >= 4 is 17.5 Å². The van der Waals surface area contributed by atoms with Gasteiger partial charge in [0.1, 0.15) is 5.69 Å². The number of carbonyl (C=O) groups excluding carboxylic acids is 1. The minimum atomic E-state index is -0.331. The first kappa shape index (κ1) is 15.9. The molecule has 1 amide bonds. The van der Waals surface area contributed by atoms with Gasteiger partial charge in [-0.2, -0.15) is 5.26 Å². The maximum Gasteiger partial charge on any atom is 0.274 e. The molecule has 2 N–H and O–H groups in total. The van der Waals surface area contributed by atoms with Crippen molar-refractivity contribution in [1.29, 1.82) is 5.26 Å². The lowest BCUT2D eigenvalue weighted by Gasteiger charge is -2.11. The Kier molecular flexibility index (Phi) is 4.99. The average Bonchev–Trinajstić information content (AvgIpc) is 3.14. The zero-order valence-electron chi connectivity index (χ0n) is 13.0. The van der Waals surface area contributed by atoms with E-state index in [0.717, 1.165) is 19.4 Å². The molecule has 122 valence electrons. The monoisotopic (exact) mass is 323 g/mol. The van der Waals surface area contributed by atoms with Crippen molar-refractivity contribution in [2.24, 2.45) is 0 Å². The third-order valence-corrected chi connectivity index (χ3v) is 3.67. The van der Waals surface area contributed by atoms with E-state index < -0.39 is 0 Å². The molecule has 3 rings (SSSR count). The van der Waals surface area contributed by atoms with E-state index in [4.69, 9.17) is 10.00 Å². The summed E-state index contributed by atoms with van der Waals surface area (Å²) >= 11 is 0. The summed E-state index contributed by atoms with van der Waals surface area (Å²) in [5.41, 5.74) is 1.41. The van der Waals surface area contributed by atoms with E-state index in [1.165, 1.54) is 0 Å². The Morgan fingerprint density at radius 1 is 1.33 bits per heavy atom. The molecule has 0 spiro atoms. The number of anilines is 2. The molecule has 1 aromatic heterocycles. The molecule has 24 heavy (non-hydrogen) atoms. The second-order valence-corrected chi connectivity index (χ2v) is 5.42. The highest BCUT2D eigenvalue weighted by Crippen LogP contribution is 2.13. The third kappa shape index (κ3) is 4.06. The van der Waals surface area contributed by atoms with E-state index in [9.17, 15) is 4.79 Å². The van der Waals surface area contributed by atoms with Crippen molar-refractivity contribution in [3.05, 3.63) is 47.8 Å². The van der Waals surface area contributed by atoms with Crippen LogP contribution in [0.15, 0.2) is 36.5 Å². The number of aromatic nitrogens is 2. The van der Waals surface area contributed by atoms with Crippen molar-refractivity contribution in [3.8, 4) is 6.07 Å². The molecule has 0 saturated carbocycles. The lowest BCUT2D eigenvalue weighted by atomic mass is 10.2. The van der Waals surface area contributed by atoms with Gasteiger partial charge in [0.05, 0.1) is 17.7 Å². The van der Waals surface area contributed by atoms with Gasteiger partial charge in [-0.3, -0.25) is 4.79 Å². The van der Waals surface area contributed by atoms with Crippen molar-refractivity contribution in [3.63, 3.8) is 0 Å². The largest absolute Gasteiger partial charge is 0.376 e. The van der Waals surface area contributed by atoms with Crippen LogP contribution >= 0.6 is 0 Å². The van der Waals surface area contributed by atoms with Crippen LogP contribution in [0.25, 0.3) is 0 Å². The topological polar surface area (TPSA) is 99.9 Å². The van der Waals surface area contributed by atoms with Gasteiger partial charge in [0.15, 0.2) is 0 Å². The summed E-state index contributed by atoms with van der Waals surface area (Å²) in [5, 5.41) is 14.6. The Labute approximate surface area is 139 Å². The molecule has 1 aromatic carbocycles. The summed E-state index contributed by atoms with van der Waals surface area (Å²) in [6.07, 6.45) is 3.80. The van der Waals surface area contributed by atoms with E-state index in [-0.39, 0.29) is 17.7 Å². The van der Waals surface area contributed by atoms with Gasteiger partial charge in [0.25, 0.3) is 5.91 Å². The molecule has 0 bridgehead atoms. The lowest BCUT2D eigenvalue weighted by Crippen LogP contribution is -2.21. The van der Waals surface area contributed by atoms with Crippen molar-refractivity contribution < 1.29 is 9.53 Å². The Bertz CT molecular complexity index is 748. The van der Waals surface area contributed by atoms with E-state index in [1.54, 1.807) is 36.5 Å². The molecular formula is C17H17N5O2. The van der Waals surface area contributed by atoms with E-state index >= 15 is 0 Å². The normalized spacial score (nSPS) is 16.4. The summed E-state index contributed by atoms with van der Waals surface area (Å²) in [4.78, 5) is 20.6. The maximum absolute atomic E-state index is 12.3. The zero-order valence-corrected chi connectivity index (χ0v) is 13.0. The number of hydrogen-bond acceptors (Lipinski definition) is 6. The molecule has 1 aliphatic rings. The highest BCUT2D eigenvalue weighted by Gasteiger charge is 2.16. The number of rotatable bonds is 5. The summed E-state index contributed by atoms with van der Waals surface area (Å²) in [6.45, 7) is 1.42. The van der Waals surface area contributed by atoms with Crippen molar-refractivity contribution in [2.75, 3.05) is 23.8 Å². The van der Waals surface area contributed by atoms with E-state index in [1.807, 2.05) is 6.07 Å². The summed E-state index contributed by atoms with van der Waals surface area (Å²) < 4.78 is 5.53. The molecule has 1 saturated heterocycles. The van der Waals surface area contributed by atoms with Crippen LogP contribution in [0, 0.1) is 11.3 Å². The third-order valence-electron chi connectivity index (χ3n) is 3.67. The molecule has 0 aliphatic carbocycles. The van der Waals surface area contributed by atoms with Gasteiger partial charge < -0.3 is 15.4 Å². The van der Waals surface area contributed by atoms with Crippen molar-refractivity contribution in [1.82, 2.24) is 9.97 Å². The molecule has 1 aliphatic heterocycles. The smallest absolute Gasteiger partial charge is 0.274 e. The first-order valence-corrected chi connectivity index (χ1v) is 7.74. The van der Waals surface area contributed by atoms with Gasteiger partial charge in [-0.05, 0) is 43.2 Å². The first-order chi connectivity index (χ1) is 11.7. The molecular weight excluding hydrogens is 306 g/mol. The fraction of sp³-hybridized carbons (Fsp3) is 0.294. The van der Waals surface area contributed by atoms with Gasteiger partial charge in [-0.1, -0.05) is 0 Å². The molecule has 1 fully saturated rings. The Balaban J connectivity index is 1.61. The predicted molar refractivity (Wildman–Crippen MR) is 88.6 cm³/mol. The minimum Gasteiger partial charge on any atom is -0.376 e. The van der Waals surface area contributed by atoms with Gasteiger partial charge in [-0.25, -0.2) is 9.97 Å². The minimum absolute atomic E-state index is 0.171. The van der Waals surface area contributed by atoms with Crippen LogP contribution in [0.1, 0.15) is 28.9 Å². The molecule has 7 heteroatoms. The Morgan fingerprint density at radius 3 is 2.88 bits per heavy atom. The Hall–Kier alpha value is -2.98. The zero-order chi connectivity index (χ0) is 16.8. The number of carbonyl (C=O) groups is 1. The van der Waals surface area contributed by atoms with Gasteiger partial charge in [0.2, 0.25) is 5.95 Å². The molecule has 2 heterocycles. The number of nitrogens with one attached hydrogen (secondary N) is 2. The standard InChI is InChI=1S/C17H17N5O2/c18-10-12-3-5-13(6-4-12)21-16(23)15-7-8-19-17(22-15)20-11-14-2-1-9-24-14/h3-8,14H,1-2,9,11H2,(H,21,23)(H,19,20,22). The summed E-state index contributed by atoms with van der Waals surface area (Å²) in [7, 11) is 0. The highest BCUT2D eigenvalue weighted by atomic mass is 16.5. The van der Waals surface area contributed by atoms with Gasteiger partial charge >= 0.3 is 0 Å². The van der Waals surface area contributed by atoms with Crippen LogP contribution in [0.2, 0.25) is 0 Å². The fourth-order valence-electron chi connectivity index (χ4n) is 2.40. The molecule has 1 atom stereocenters. The van der Waals surface area contributed by atoms with E-state index in [0.29, 0.717) is 23.7 Å². The molecule has 2 aromatic rings. The maximum atomic E-state index is 12.3. The predicted octanol–water partition coefficient (Wildman–Crippen LogP) is 2.19. The second kappa shape index (κ2) is 7.53. The first-order valence-electron chi connectivity index (χ1n) is 7.74. The van der Waals surface area contributed by atoms with Crippen LogP contribution in [-0.4, -0.2) is 35.1 Å². The number of nitriles is 1. The SMILES string of the molecule is N#Cc1ccc(NC(=O)c2ccnc(NCC3CCCO3)n2)cc1. The number of amides is 1. The van der Waals surface area contributed by atoms with Crippen LogP contribution in [-0.2, 0) is 4.74 Å².